The highest BCUT2D eigenvalue weighted by atomic mass is 16.5. The van der Waals surface area contributed by atoms with Crippen LogP contribution in [0.3, 0.4) is 0 Å². The van der Waals surface area contributed by atoms with Gasteiger partial charge in [0.15, 0.2) is 0 Å². The Morgan fingerprint density at radius 2 is 2.19 bits per heavy atom. The zero-order chi connectivity index (χ0) is 22.8. The zero-order valence-electron chi connectivity index (χ0n) is 18.2. The van der Waals surface area contributed by atoms with Gasteiger partial charge in [0.2, 0.25) is 5.82 Å². The minimum atomic E-state index is -0.846. The van der Waals surface area contributed by atoms with Gasteiger partial charge in [0.05, 0.1) is 18.2 Å². The molecule has 8 nitrogen and oxygen atoms in total. The van der Waals surface area contributed by atoms with E-state index in [0.29, 0.717) is 28.6 Å². The molecule has 0 saturated carbocycles. The smallest absolute Gasteiger partial charge is 0.317 e. The summed E-state index contributed by atoms with van der Waals surface area (Å²) in [6.07, 6.45) is 1.61. The van der Waals surface area contributed by atoms with E-state index in [1.54, 1.807) is 18.2 Å². The maximum absolute atomic E-state index is 11.1. The average molecular weight is 432 g/mol. The predicted molar refractivity (Wildman–Crippen MR) is 117 cm³/mol. The molecule has 0 fully saturated rings. The highest BCUT2D eigenvalue weighted by molar-refractivity contribution is 5.70. The second kappa shape index (κ2) is 8.81. The molecule has 0 aliphatic heterocycles. The van der Waals surface area contributed by atoms with Crippen LogP contribution in [0.5, 0.6) is 5.75 Å². The summed E-state index contributed by atoms with van der Waals surface area (Å²) in [6.45, 7) is 3.79. The lowest BCUT2D eigenvalue weighted by Crippen LogP contribution is -2.28. The molecule has 1 aliphatic carbocycles. The van der Waals surface area contributed by atoms with Gasteiger partial charge in [0.25, 0.3) is 5.89 Å². The number of hydrogen-bond donors (Lipinski definition) is 1. The van der Waals surface area contributed by atoms with Crippen LogP contribution in [0.25, 0.3) is 22.8 Å². The molecular weight excluding hydrogens is 408 g/mol. The van der Waals surface area contributed by atoms with E-state index >= 15 is 0 Å². The number of aliphatic carboxylic acids is 1. The molecule has 1 unspecified atom stereocenters. The lowest BCUT2D eigenvalue weighted by atomic mass is 10.0. The fourth-order valence-electron chi connectivity index (χ4n) is 4.18. The summed E-state index contributed by atoms with van der Waals surface area (Å²) in [7, 11) is 1.83. The van der Waals surface area contributed by atoms with Crippen LogP contribution in [0.4, 0.5) is 0 Å². The number of aromatic nitrogens is 2. The summed E-state index contributed by atoms with van der Waals surface area (Å²) < 4.78 is 11.2. The molecular formula is C24H24N4O4. The Bertz CT molecular complexity index is 1190. The third-order valence-corrected chi connectivity index (χ3v) is 5.53. The molecule has 32 heavy (non-hydrogen) atoms. The van der Waals surface area contributed by atoms with Crippen molar-refractivity contribution in [2.45, 2.75) is 38.8 Å². The van der Waals surface area contributed by atoms with Crippen LogP contribution in [0.15, 0.2) is 40.9 Å². The van der Waals surface area contributed by atoms with Gasteiger partial charge < -0.3 is 14.4 Å². The fraction of sp³-hybridized carbons (Fsp3) is 0.333. The number of likely N-dealkylation sites (N-methyl/N-ethyl adjacent to an activating group) is 1. The molecule has 8 heteroatoms. The molecule has 0 spiro atoms. The van der Waals surface area contributed by atoms with Gasteiger partial charge in [0.1, 0.15) is 11.8 Å². The standard InChI is InChI=1S/C24H24N4O4/c1-14(2)31-21-10-7-15(11-16(21)12-25)24-26-23(27-32-24)19-6-4-5-18-17(19)8-9-20(18)28(3)13-22(29)30/h4-7,10-11,14,20H,8-9,13H2,1-3H3,(H,29,30). The lowest BCUT2D eigenvalue weighted by molar-refractivity contribution is -0.138. The van der Waals surface area contributed by atoms with Crippen molar-refractivity contribution >= 4 is 5.97 Å². The number of hydrogen-bond acceptors (Lipinski definition) is 7. The van der Waals surface area contributed by atoms with Crippen LogP contribution >= 0.6 is 0 Å². The molecule has 164 valence electrons. The Kier molecular flexibility index (Phi) is 5.93. The van der Waals surface area contributed by atoms with Crippen molar-refractivity contribution in [1.82, 2.24) is 15.0 Å². The van der Waals surface area contributed by atoms with Crippen molar-refractivity contribution in [3.8, 4) is 34.7 Å². The van der Waals surface area contributed by atoms with E-state index in [9.17, 15) is 10.1 Å². The van der Waals surface area contributed by atoms with Crippen molar-refractivity contribution in [3.05, 3.63) is 53.1 Å². The van der Waals surface area contributed by atoms with Crippen molar-refractivity contribution < 1.29 is 19.2 Å². The van der Waals surface area contributed by atoms with Crippen LogP contribution in [-0.2, 0) is 11.2 Å². The van der Waals surface area contributed by atoms with Crippen LogP contribution < -0.4 is 4.74 Å². The third-order valence-electron chi connectivity index (χ3n) is 5.53. The van der Waals surface area contributed by atoms with Gasteiger partial charge >= 0.3 is 5.97 Å². The van der Waals surface area contributed by atoms with E-state index in [0.717, 1.165) is 29.5 Å². The number of ether oxygens (including phenoxy) is 1. The van der Waals surface area contributed by atoms with Gasteiger partial charge in [-0.3, -0.25) is 9.69 Å². The Labute approximate surface area is 186 Å². The molecule has 0 amide bonds. The Morgan fingerprint density at radius 3 is 2.91 bits per heavy atom. The fourth-order valence-corrected chi connectivity index (χ4v) is 4.18. The van der Waals surface area contributed by atoms with Crippen LogP contribution in [0.2, 0.25) is 0 Å². The largest absolute Gasteiger partial charge is 0.490 e. The number of carboxylic acid groups (broad SMARTS) is 1. The van der Waals surface area contributed by atoms with Crippen LogP contribution in [-0.4, -0.2) is 45.8 Å². The Hall–Kier alpha value is -3.70. The summed E-state index contributed by atoms with van der Waals surface area (Å²) in [4.78, 5) is 17.5. The first kappa shape index (κ1) is 21.5. The molecule has 1 N–H and O–H groups in total. The molecule has 0 bridgehead atoms. The summed E-state index contributed by atoms with van der Waals surface area (Å²) in [5.41, 5.74) is 4.13. The maximum atomic E-state index is 11.1. The van der Waals surface area contributed by atoms with E-state index in [1.165, 1.54) is 0 Å². The molecule has 1 aromatic heterocycles. The van der Waals surface area contributed by atoms with Crippen molar-refractivity contribution in [3.63, 3.8) is 0 Å². The van der Waals surface area contributed by atoms with Crippen LogP contribution in [0, 0.1) is 11.3 Å². The number of nitriles is 1. The highest BCUT2D eigenvalue weighted by Crippen LogP contribution is 2.40. The summed E-state index contributed by atoms with van der Waals surface area (Å²) in [5.74, 6) is 0.465. The monoisotopic (exact) mass is 432 g/mol. The van der Waals surface area contributed by atoms with Gasteiger partial charge in [-0.05, 0) is 63.1 Å². The minimum absolute atomic E-state index is 0.0154. The van der Waals surface area contributed by atoms with Gasteiger partial charge in [-0.25, -0.2) is 0 Å². The summed E-state index contributed by atoms with van der Waals surface area (Å²) in [6, 6.07) is 13.3. The summed E-state index contributed by atoms with van der Waals surface area (Å²) in [5, 5.41) is 22.8. The normalized spacial score (nSPS) is 15.1. The Balaban J connectivity index is 1.64. The first-order valence-corrected chi connectivity index (χ1v) is 10.5. The Morgan fingerprint density at radius 1 is 1.38 bits per heavy atom. The minimum Gasteiger partial charge on any atom is -0.490 e. The van der Waals surface area contributed by atoms with Gasteiger partial charge in [-0.1, -0.05) is 23.4 Å². The number of rotatable bonds is 7. The zero-order valence-corrected chi connectivity index (χ0v) is 18.2. The van der Waals surface area contributed by atoms with E-state index < -0.39 is 5.97 Å². The van der Waals surface area contributed by atoms with Crippen molar-refractivity contribution in [2.75, 3.05) is 13.6 Å². The van der Waals surface area contributed by atoms with Gasteiger partial charge in [0, 0.05) is 17.2 Å². The summed E-state index contributed by atoms with van der Waals surface area (Å²) >= 11 is 0. The number of nitrogens with zero attached hydrogens (tertiary/aromatic N) is 4. The van der Waals surface area contributed by atoms with Crippen molar-refractivity contribution in [2.24, 2.45) is 0 Å². The van der Waals surface area contributed by atoms with Crippen molar-refractivity contribution in [1.29, 1.82) is 5.26 Å². The van der Waals surface area contributed by atoms with Gasteiger partial charge in [-0.2, -0.15) is 10.2 Å². The molecule has 4 rings (SSSR count). The molecule has 0 radical (unpaired) electrons. The number of benzene rings is 2. The molecule has 0 saturated heterocycles. The lowest BCUT2D eigenvalue weighted by Gasteiger charge is -2.23. The second-order valence-electron chi connectivity index (χ2n) is 8.15. The van der Waals surface area contributed by atoms with E-state index in [4.69, 9.17) is 14.4 Å². The quantitative estimate of drug-likeness (QED) is 0.595. The molecule has 1 aliphatic rings. The topological polar surface area (TPSA) is 112 Å². The molecule has 2 aromatic carbocycles. The molecule has 1 atom stereocenters. The molecule has 1 heterocycles. The molecule has 3 aromatic rings. The number of carboxylic acids is 1. The SMILES string of the molecule is CC(C)Oc1ccc(-c2nc(-c3cccc4c3CCC4N(C)CC(=O)O)no2)cc1C#N. The van der Waals surface area contributed by atoms with E-state index in [2.05, 4.69) is 16.2 Å². The second-order valence-corrected chi connectivity index (χ2v) is 8.15. The van der Waals surface area contributed by atoms with Gasteiger partial charge in [-0.15, -0.1) is 0 Å². The average Bonchev–Trinajstić information content (AvgIpc) is 3.40. The van der Waals surface area contributed by atoms with E-state index in [1.807, 2.05) is 44.0 Å². The first-order chi connectivity index (χ1) is 15.4. The third kappa shape index (κ3) is 4.20. The number of carbonyl (C=O) groups is 1. The van der Waals surface area contributed by atoms with E-state index in [-0.39, 0.29) is 18.7 Å². The predicted octanol–water partition coefficient (Wildman–Crippen LogP) is 4.07. The maximum Gasteiger partial charge on any atom is 0.317 e. The highest BCUT2D eigenvalue weighted by Gasteiger charge is 2.29. The van der Waals surface area contributed by atoms with Crippen LogP contribution in [0.1, 0.15) is 43.0 Å². The number of fused-ring (bicyclic) bond motifs is 1. The first-order valence-electron chi connectivity index (χ1n) is 10.5.